The molecule has 1 saturated heterocycles. The molecule has 1 aliphatic heterocycles. The summed E-state index contributed by atoms with van der Waals surface area (Å²) in [5, 5.41) is 3.29. The molecular weight excluding hydrogens is 225 g/mol. The Morgan fingerprint density at radius 1 is 1.44 bits per heavy atom. The van der Waals surface area contributed by atoms with Crippen LogP contribution in [-0.2, 0) is 9.09 Å². The molecule has 4 nitrogen and oxygen atoms in total. The first-order valence-corrected chi connectivity index (χ1v) is 7.93. The van der Waals surface area contributed by atoms with Crippen LogP contribution in [0.2, 0.25) is 0 Å². The van der Waals surface area contributed by atoms with E-state index in [1.807, 2.05) is 0 Å². The molecule has 2 atom stereocenters. The van der Waals surface area contributed by atoms with E-state index in [0.717, 1.165) is 19.4 Å². The van der Waals surface area contributed by atoms with Gasteiger partial charge in [-0.25, -0.2) is 0 Å². The predicted molar refractivity (Wildman–Crippen MR) is 63.6 cm³/mol. The molecule has 1 spiro atoms. The van der Waals surface area contributed by atoms with Crippen LogP contribution < -0.4 is 5.32 Å². The molecule has 0 aromatic heterocycles. The quantitative estimate of drug-likeness (QED) is 0.750. The Morgan fingerprint density at radius 2 is 2.12 bits per heavy atom. The van der Waals surface area contributed by atoms with E-state index >= 15 is 0 Å². The van der Waals surface area contributed by atoms with Crippen LogP contribution in [0, 0.1) is 5.41 Å². The second kappa shape index (κ2) is 4.77. The van der Waals surface area contributed by atoms with Crippen LogP contribution in [0.3, 0.4) is 0 Å². The van der Waals surface area contributed by atoms with Gasteiger partial charge in [-0.2, -0.15) is 0 Å². The monoisotopic (exact) mass is 247 g/mol. The van der Waals surface area contributed by atoms with Gasteiger partial charge in [0.1, 0.15) is 0 Å². The molecule has 16 heavy (non-hydrogen) atoms. The largest absolute Gasteiger partial charge is 0.333 e. The highest BCUT2D eigenvalue weighted by Gasteiger charge is 2.52. The van der Waals surface area contributed by atoms with E-state index in [4.69, 9.17) is 4.52 Å². The van der Waals surface area contributed by atoms with Crippen LogP contribution in [0.4, 0.5) is 0 Å². The van der Waals surface area contributed by atoms with Crippen LogP contribution in [0.5, 0.6) is 0 Å². The summed E-state index contributed by atoms with van der Waals surface area (Å²) in [6.45, 7) is 3.61. The minimum Gasteiger partial charge on any atom is -0.324 e. The fourth-order valence-corrected chi connectivity index (χ4v) is 5.25. The normalized spacial score (nSPS) is 32.8. The Hall–Kier alpha value is 0.110. The maximum Gasteiger partial charge on any atom is 0.333 e. The third kappa shape index (κ3) is 2.21. The van der Waals surface area contributed by atoms with Crippen molar-refractivity contribution >= 4 is 7.60 Å². The second-order valence-electron chi connectivity index (χ2n) is 5.05. The van der Waals surface area contributed by atoms with E-state index in [1.165, 1.54) is 19.3 Å². The first kappa shape index (κ1) is 12.6. The Morgan fingerprint density at radius 3 is 2.75 bits per heavy atom. The van der Waals surface area contributed by atoms with Crippen LogP contribution in [0.25, 0.3) is 0 Å². The smallest absolute Gasteiger partial charge is 0.324 e. The molecule has 1 heterocycles. The average molecular weight is 247 g/mol. The molecule has 2 fully saturated rings. The van der Waals surface area contributed by atoms with Crippen LogP contribution in [0.15, 0.2) is 0 Å². The van der Waals surface area contributed by atoms with Gasteiger partial charge >= 0.3 is 7.60 Å². The SMILES string of the molecule is CCOP(=O)(O)C1CNCC12CCCCC2. The van der Waals surface area contributed by atoms with Crippen LogP contribution in [0.1, 0.15) is 39.0 Å². The minimum absolute atomic E-state index is 0.0255. The van der Waals surface area contributed by atoms with E-state index in [2.05, 4.69) is 5.32 Å². The fraction of sp³-hybridized carbons (Fsp3) is 1.00. The number of nitrogens with one attached hydrogen (secondary N) is 1. The molecule has 0 aromatic rings. The van der Waals surface area contributed by atoms with Crippen molar-refractivity contribution in [1.29, 1.82) is 0 Å². The summed E-state index contributed by atoms with van der Waals surface area (Å²) >= 11 is 0. The summed E-state index contributed by atoms with van der Waals surface area (Å²) in [4.78, 5) is 10.0. The van der Waals surface area contributed by atoms with E-state index < -0.39 is 7.60 Å². The van der Waals surface area contributed by atoms with Crippen molar-refractivity contribution in [2.45, 2.75) is 44.7 Å². The lowest BCUT2D eigenvalue weighted by Crippen LogP contribution is -2.36. The summed E-state index contributed by atoms with van der Waals surface area (Å²) < 4.78 is 17.3. The van der Waals surface area contributed by atoms with Gasteiger partial charge in [0.2, 0.25) is 0 Å². The third-order valence-electron chi connectivity index (χ3n) is 4.08. The van der Waals surface area contributed by atoms with Gasteiger partial charge in [-0.15, -0.1) is 0 Å². The van der Waals surface area contributed by atoms with Crippen LogP contribution in [-0.4, -0.2) is 30.2 Å². The molecule has 1 saturated carbocycles. The number of rotatable bonds is 3. The highest BCUT2D eigenvalue weighted by molar-refractivity contribution is 7.53. The maximum atomic E-state index is 12.2. The Labute approximate surface area is 97.3 Å². The average Bonchev–Trinajstić information content (AvgIpc) is 2.63. The molecule has 0 bridgehead atoms. The Bertz CT molecular complexity index is 289. The van der Waals surface area contributed by atoms with Gasteiger partial charge in [0.15, 0.2) is 0 Å². The first-order valence-electron chi connectivity index (χ1n) is 6.28. The number of hydrogen-bond donors (Lipinski definition) is 2. The molecule has 0 aromatic carbocycles. The van der Waals surface area contributed by atoms with Gasteiger partial charge in [-0.05, 0) is 25.2 Å². The third-order valence-corrected chi connectivity index (χ3v) is 6.23. The summed E-state index contributed by atoms with van der Waals surface area (Å²) in [7, 11) is -3.44. The topological polar surface area (TPSA) is 58.6 Å². The lowest BCUT2D eigenvalue weighted by Gasteiger charge is -2.39. The van der Waals surface area contributed by atoms with Gasteiger partial charge in [0, 0.05) is 13.1 Å². The fourth-order valence-electron chi connectivity index (χ4n) is 3.29. The summed E-state index contributed by atoms with van der Waals surface area (Å²) in [6, 6.07) is 0. The highest BCUT2D eigenvalue weighted by Crippen LogP contribution is 2.59. The summed E-state index contributed by atoms with van der Waals surface area (Å²) in [5.41, 5.74) is -0.169. The van der Waals surface area contributed by atoms with Gasteiger partial charge in [-0.1, -0.05) is 19.3 Å². The minimum atomic E-state index is -3.44. The lowest BCUT2D eigenvalue weighted by molar-refractivity contribution is 0.185. The van der Waals surface area contributed by atoms with Crippen LogP contribution >= 0.6 is 7.60 Å². The first-order chi connectivity index (χ1) is 7.61. The lowest BCUT2D eigenvalue weighted by atomic mass is 9.73. The molecule has 0 radical (unpaired) electrons. The zero-order valence-corrected chi connectivity index (χ0v) is 10.8. The van der Waals surface area contributed by atoms with Crippen molar-refractivity contribution in [1.82, 2.24) is 5.32 Å². The molecular formula is C11H22NO3P. The van der Waals surface area contributed by atoms with Gasteiger partial charge in [0.25, 0.3) is 0 Å². The Balaban J connectivity index is 2.16. The number of hydrogen-bond acceptors (Lipinski definition) is 3. The van der Waals surface area contributed by atoms with Crippen molar-refractivity contribution in [3.8, 4) is 0 Å². The standard InChI is InChI=1S/C11H22NO3P/c1-2-15-16(13,14)10-8-12-9-11(10)6-4-3-5-7-11/h10,12H,2-9H2,1H3,(H,13,14). The van der Waals surface area contributed by atoms with E-state index in [0.29, 0.717) is 13.2 Å². The van der Waals surface area contributed by atoms with Gasteiger partial charge < -0.3 is 14.7 Å². The van der Waals surface area contributed by atoms with Crippen molar-refractivity contribution in [3.05, 3.63) is 0 Å². The highest BCUT2D eigenvalue weighted by atomic mass is 31.2. The molecule has 1 aliphatic carbocycles. The summed E-state index contributed by atoms with van der Waals surface area (Å²) in [6.07, 6.45) is 5.78. The molecule has 0 amide bonds. The van der Waals surface area contributed by atoms with Gasteiger partial charge in [-0.3, -0.25) is 4.57 Å². The zero-order valence-electron chi connectivity index (χ0n) is 9.95. The van der Waals surface area contributed by atoms with E-state index in [1.54, 1.807) is 6.92 Å². The zero-order chi connectivity index (χ0) is 11.6. The van der Waals surface area contributed by atoms with E-state index in [9.17, 15) is 9.46 Å². The maximum absolute atomic E-state index is 12.2. The molecule has 2 N–H and O–H groups in total. The van der Waals surface area contributed by atoms with Crippen molar-refractivity contribution < 1.29 is 14.0 Å². The molecule has 5 heteroatoms. The molecule has 2 unspecified atom stereocenters. The summed E-state index contributed by atoms with van der Waals surface area (Å²) in [5.74, 6) is 0. The van der Waals surface area contributed by atoms with Crippen molar-refractivity contribution in [3.63, 3.8) is 0 Å². The van der Waals surface area contributed by atoms with E-state index in [-0.39, 0.29) is 11.1 Å². The van der Waals surface area contributed by atoms with Crippen molar-refractivity contribution in [2.75, 3.05) is 19.7 Å². The Kier molecular flexibility index (Phi) is 3.75. The molecule has 94 valence electrons. The van der Waals surface area contributed by atoms with Gasteiger partial charge in [0.05, 0.1) is 12.3 Å². The van der Waals surface area contributed by atoms with Crippen molar-refractivity contribution in [2.24, 2.45) is 5.41 Å². The predicted octanol–water partition coefficient (Wildman–Crippen LogP) is 2.13. The molecule has 2 rings (SSSR count). The second-order valence-corrected chi connectivity index (χ2v) is 7.06. The molecule has 2 aliphatic rings.